The standard InChI is InChI=1S/C20H25N3O2S/c1-14-11-17(15(2)26-14)18(24)5-6-20(25)22-13-16-7-8-21-19(12-16)23-9-3-4-10-23/h7-8,11-12H,3-6,9-10,13H2,1-2H3,(H,22,25). The van der Waals surface area contributed by atoms with Crippen molar-refractivity contribution in [2.45, 2.75) is 46.1 Å². The van der Waals surface area contributed by atoms with Gasteiger partial charge < -0.3 is 10.2 Å². The summed E-state index contributed by atoms with van der Waals surface area (Å²) in [7, 11) is 0. The summed E-state index contributed by atoms with van der Waals surface area (Å²) >= 11 is 1.62. The molecule has 6 heteroatoms. The van der Waals surface area contributed by atoms with Crippen molar-refractivity contribution in [1.29, 1.82) is 0 Å². The number of amides is 1. The van der Waals surface area contributed by atoms with Gasteiger partial charge in [-0.05, 0) is 50.5 Å². The number of anilines is 1. The summed E-state index contributed by atoms with van der Waals surface area (Å²) in [6.45, 7) is 6.50. The molecule has 0 saturated carbocycles. The Morgan fingerprint density at radius 2 is 1.96 bits per heavy atom. The Morgan fingerprint density at radius 3 is 2.65 bits per heavy atom. The molecule has 0 radical (unpaired) electrons. The lowest BCUT2D eigenvalue weighted by molar-refractivity contribution is -0.121. The first-order chi connectivity index (χ1) is 12.5. The molecule has 26 heavy (non-hydrogen) atoms. The number of rotatable bonds is 7. The van der Waals surface area contributed by atoms with Gasteiger partial charge in [0.2, 0.25) is 5.91 Å². The van der Waals surface area contributed by atoms with Crippen molar-refractivity contribution in [3.8, 4) is 0 Å². The fraction of sp³-hybridized carbons (Fsp3) is 0.450. The SMILES string of the molecule is Cc1cc(C(=O)CCC(=O)NCc2ccnc(N3CCCC3)c2)c(C)s1. The summed E-state index contributed by atoms with van der Waals surface area (Å²) < 4.78 is 0. The average Bonchev–Trinajstić information content (AvgIpc) is 3.28. The molecule has 138 valence electrons. The highest BCUT2D eigenvalue weighted by Crippen LogP contribution is 2.22. The van der Waals surface area contributed by atoms with Crippen molar-refractivity contribution in [2.75, 3.05) is 18.0 Å². The Kier molecular flexibility index (Phi) is 6.04. The van der Waals surface area contributed by atoms with Gasteiger partial charge in [0.25, 0.3) is 0 Å². The van der Waals surface area contributed by atoms with Crippen LogP contribution in [0.15, 0.2) is 24.4 Å². The van der Waals surface area contributed by atoms with Crippen LogP contribution in [0.3, 0.4) is 0 Å². The second-order valence-corrected chi connectivity index (χ2v) is 8.20. The van der Waals surface area contributed by atoms with Crippen LogP contribution in [-0.4, -0.2) is 29.8 Å². The van der Waals surface area contributed by atoms with Gasteiger partial charge in [-0.3, -0.25) is 9.59 Å². The molecule has 5 nitrogen and oxygen atoms in total. The van der Waals surface area contributed by atoms with Gasteiger partial charge in [0.05, 0.1) is 0 Å². The Hall–Kier alpha value is -2.21. The molecule has 3 rings (SSSR count). The molecule has 1 saturated heterocycles. The highest BCUT2D eigenvalue weighted by Gasteiger charge is 2.15. The first-order valence-electron chi connectivity index (χ1n) is 9.10. The number of pyridine rings is 1. The lowest BCUT2D eigenvalue weighted by Gasteiger charge is -2.17. The van der Waals surface area contributed by atoms with Crippen LogP contribution in [0.4, 0.5) is 5.82 Å². The average molecular weight is 372 g/mol. The van der Waals surface area contributed by atoms with E-state index in [1.165, 1.54) is 12.8 Å². The molecule has 0 aromatic carbocycles. The maximum atomic E-state index is 12.3. The third kappa shape index (κ3) is 4.69. The number of aryl methyl sites for hydroxylation is 2. The summed E-state index contributed by atoms with van der Waals surface area (Å²) in [4.78, 5) is 33.2. The Balaban J connectivity index is 1.47. The van der Waals surface area contributed by atoms with E-state index < -0.39 is 0 Å². The number of carbonyl (C=O) groups is 2. The predicted molar refractivity (Wildman–Crippen MR) is 105 cm³/mol. The van der Waals surface area contributed by atoms with Gasteiger partial charge >= 0.3 is 0 Å². The van der Waals surface area contributed by atoms with E-state index in [0.717, 1.165) is 39.8 Å². The number of nitrogens with one attached hydrogen (secondary N) is 1. The molecule has 0 atom stereocenters. The van der Waals surface area contributed by atoms with Crippen LogP contribution in [0.25, 0.3) is 0 Å². The molecular weight excluding hydrogens is 346 g/mol. The number of hydrogen-bond donors (Lipinski definition) is 1. The first kappa shape index (κ1) is 18.6. The number of carbonyl (C=O) groups excluding carboxylic acids is 2. The lowest BCUT2D eigenvalue weighted by Crippen LogP contribution is -2.24. The molecular formula is C20H25N3O2S. The monoisotopic (exact) mass is 371 g/mol. The van der Waals surface area contributed by atoms with Crippen LogP contribution >= 0.6 is 11.3 Å². The zero-order valence-electron chi connectivity index (χ0n) is 15.4. The van der Waals surface area contributed by atoms with E-state index in [-0.39, 0.29) is 24.5 Å². The second-order valence-electron chi connectivity index (χ2n) is 6.74. The topological polar surface area (TPSA) is 62.3 Å². The maximum absolute atomic E-state index is 12.3. The zero-order valence-corrected chi connectivity index (χ0v) is 16.2. The van der Waals surface area contributed by atoms with E-state index in [2.05, 4.69) is 15.2 Å². The van der Waals surface area contributed by atoms with Gasteiger partial charge in [0.1, 0.15) is 5.82 Å². The van der Waals surface area contributed by atoms with Crippen LogP contribution in [0.2, 0.25) is 0 Å². The number of thiophene rings is 1. The molecule has 2 aromatic rings. The highest BCUT2D eigenvalue weighted by atomic mass is 32.1. The number of aromatic nitrogens is 1. The van der Waals surface area contributed by atoms with Crippen molar-refractivity contribution in [2.24, 2.45) is 0 Å². The quantitative estimate of drug-likeness (QED) is 0.755. The Labute approximate surface area is 158 Å². The molecule has 1 fully saturated rings. The molecule has 1 aliphatic heterocycles. The van der Waals surface area contributed by atoms with Crippen molar-refractivity contribution in [1.82, 2.24) is 10.3 Å². The van der Waals surface area contributed by atoms with Crippen molar-refractivity contribution < 1.29 is 9.59 Å². The largest absolute Gasteiger partial charge is 0.357 e. The van der Waals surface area contributed by atoms with Gasteiger partial charge in [-0.1, -0.05) is 0 Å². The van der Waals surface area contributed by atoms with Crippen molar-refractivity contribution >= 4 is 28.8 Å². The van der Waals surface area contributed by atoms with Crippen LogP contribution in [0, 0.1) is 13.8 Å². The Morgan fingerprint density at radius 1 is 1.19 bits per heavy atom. The normalized spacial score (nSPS) is 13.8. The molecule has 3 heterocycles. The first-order valence-corrected chi connectivity index (χ1v) is 9.91. The van der Waals surface area contributed by atoms with E-state index in [4.69, 9.17) is 0 Å². The maximum Gasteiger partial charge on any atom is 0.220 e. The van der Waals surface area contributed by atoms with E-state index in [0.29, 0.717) is 6.54 Å². The summed E-state index contributed by atoms with van der Waals surface area (Å²) in [6, 6.07) is 5.87. The van der Waals surface area contributed by atoms with Crippen molar-refractivity contribution in [3.63, 3.8) is 0 Å². The summed E-state index contributed by atoms with van der Waals surface area (Å²) in [5.74, 6) is 0.928. The lowest BCUT2D eigenvalue weighted by atomic mass is 10.1. The summed E-state index contributed by atoms with van der Waals surface area (Å²) in [5, 5.41) is 2.91. The minimum Gasteiger partial charge on any atom is -0.357 e. The predicted octanol–water partition coefficient (Wildman–Crippen LogP) is 3.64. The molecule has 0 bridgehead atoms. The van der Waals surface area contributed by atoms with Crippen LogP contribution in [-0.2, 0) is 11.3 Å². The molecule has 0 unspecified atom stereocenters. The van der Waals surface area contributed by atoms with E-state index in [1.54, 1.807) is 17.5 Å². The van der Waals surface area contributed by atoms with Gasteiger partial charge in [-0.25, -0.2) is 4.98 Å². The number of hydrogen-bond acceptors (Lipinski definition) is 5. The number of nitrogens with zero attached hydrogens (tertiary/aromatic N) is 2. The molecule has 1 amide bonds. The Bertz CT molecular complexity index is 794. The van der Waals surface area contributed by atoms with Gasteiger partial charge in [-0.15, -0.1) is 11.3 Å². The van der Waals surface area contributed by atoms with Crippen LogP contribution in [0.5, 0.6) is 0 Å². The van der Waals surface area contributed by atoms with Gasteiger partial charge in [0.15, 0.2) is 5.78 Å². The number of ketones is 1. The highest BCUT2D eigenvalue weighted by molar-refractivity contribution is 7.12. The molecule has 2 aromatic heterocycles. The summed E-state index contributed by atoms with van der Waals surface area (Å²) in [5.41, 5.74) is 1.79. The zero-order chi connectivity index (χ0) is 18.5. The third-order valence-electron chi connectivity index (χ3n) is 4.65. The van der Waals surface area contributed by atoms with Gasteiger partial charge in [0, 0.05) is 54.0 Å². The third-order valence-corrected chi connectivity index (χ3v) is 5.62. The molecule has 0 spiro atoms. The molecule has 1 N–H and O–H groups in total. The minimum absolute atomic E-state index is 0.0437. The van der Waals surface area contributed by atoms with Crippen LogP contribution < -0.4 is 10.2 Å². The summed E-state index contributed by atoms with van der Waals surface area (Å²) in [6.07, 6.45) is 4.68. The van der Waals surface area contributed by atoms with Gasteiger partial charge in [-0.2, -0.15) is 0 Å². The molecule has 1 aliphatic rings. The molecule has 0 aliphatic carbocycles. The van der Waals surface area contributed by atoms with E-state index >= 15 is 0 Å². The minimum atomic E-state index is -0.0949. The fourth-order valence-corrected chi connectivity index (χ4v) is 4.19. The fourth-order valence-electron chi connectivity index (χ4n) is 3.25. The van der Waals surface area contributed by atoms with Crippen LogP contribution in [0.1, 0.15) is 51.4 Å². The van der Waals surface area contributed by atoms with E-state index in [1.807, 2.05) is 32.0 Å². The van der Waals surface area contributed by atoms with E-state index in [9.17, 15) is 9.59 Å². The van der Waals surface area contributed by atoms with Crippen molar-refractivity contribution in [3.05, 3.63) is 45.3 Å². The smallest absolute Gasteiger partial charge is 0.220 e. The number of Topliss-reactive ketones (excluding diaryl/α,β-unsaturated/α-hetero) is 1. The second kappa shape index (κ2) is 8.45.